The predicted octanol–water partition coefficient (Wildman–Crippen LogP) is 1.48. The summed E-state index contributed by atoms with van der Waals surface area (Å²) in [5, 5.41) is 2.69. The predicted molar refractivity (Wildman–Crippen MR) is 67.8 cm³/mol. The maximum absolute atomic E-state index is 10.9. The molecule has 0 atom stereocenters. The second kappa shape index (κ2) is 5.46. The van der Waals surface area contributed by atoms with Crippen molar-refractivity contribution in [3.63, 3.8) is 0 Å². The van der Waals surface area contributed by atoms with Gasteiger partial charge in [0, 0.05) is 24.6 Å². The number of hydrogen-bond acceptors (Lipinski definition) is 3. The smallest absolute Gasteiger partial charge is 0.221 e. The van der Waals surface area contributed by atoms with Gasteiger partial charge < -0.3 is 15.8 Å². The molecule has 0 saturated heterocycles. The Hall–Kier alpha value is -1.62. The number of nitrogens with one attached hydrogen (secondary N) is 1. The molecule has 1 amide bonds. The van der Waals surface area contributed by atoms with Crippen molar-refractivity contribution in [1.82, 2.24) is 0 Å². The van der Waals surface area contributed by atoms with Crippen molar-refractivity contribution < 1.29 is 9.53 Å². The van der Waals surface area contributed by atoms with Gasteiger partial charge in [0.25, 0.3) is 0 Å². The molecule has 16 heavy (non-hydrogen) atoms. The Morgan fingerprint density at radius 3 is 2.75 bits per heavy atom. The van der Waals surface area contributed by atoms with Crippen LogP contribution in [0.15, 0.2) is 18.2 Å². The van der Waals surface area contributed by atoms with Crippen LogP contribution in [0.2, 0.25) is 0 Å². The van der Waals surface area contributed by atoms with Crippen molar-refractivity contribution in [2.75, 3.05) is 12.4 Å². The zero-order valence-electron chi connectivity index (χ0n) is 9.24. The minimum atomic E-state index is -0.119. The maximum Gasteiger partial charge on any atom is 0.221 e. The van der Waals surface area contributed by atoms with Gasteiger partial charge in [-0.25, -0.2) is 0 Å². The van der Waals surface area contributed by atoms with Gasteiger partial charge in [0.15, 0.2) is 0 Å². The van der Waals surface area contributed by atoms with E-state index < -0.39 is 0 Å². The largest absolute Gasteiger partial charge is 0.496 e. The quantitative estimate of drug-likeness (QED) is 0.780. The molecule has 0 bridgehead atoms. The standard InChI is InChI=1S/C11H14N2O2S/c1-7(14)13-9-3-4-10(15-2)8(5-9)6-11(12)16/h3-5H,6H2,1-2H3,(H2,12,16)(H,13,14). The number of anilines is 1. The van der Waals surface area contributed by atoms with Gasteiger partial charge in [-0.05, 0) is 18.2 Å². The van der Waals surface area contributed by atoms with Crippen molar-refractivity contribution in [2.45, 2.75) is 13.3 Å². The zero-order valence-corrected chi connectivity index (χ0v) is 10.1. The van der Waals surface area contributed by atoms with Gasteiger partial charge in [-0.2, -0.15) is 0 Å². The van der Waals surface area contributed by atoms with Crippen LogP contribution in [0.25, 0.3) is 0 Å². The van der Waals surface area contributed by atoms with Crippen LogP contribution in [-0.4, -0.2) is 18.0 Å². The summed E-state index contributed by atoms with van der Waals surface area (Å²) in [6, 6.07) is 5.35. The number of rotatable bonds is 4. The molecule has 0 aliphatic carbocycles. The molecule has 0 heterocycles. The Bertz CT molecular complexity index is 418. The summed E-state index contributed by atoms with van der Waals surface area (Å²) in [6.45, 7) is 1.46. The van der Waals surface area contributed by atoms with E-state index >= 15 is 0 Å². The lowest BCUT2D eigenvalue weighted by Gasteiger charge is -2.10. The van der Waals surface area contributed by atoms with Crippen molar-refractivity contribution >= 4 is 28.8 Å². The minimum absolute atomic E-state index is 0.119. The fourth-order valence-corrected chi connectivity index (χ4v) is 1.54. The molecule has 0 fully saturated rings. The fourth-order valence-electron chi connectivity index (χ4n) is 1.39. The van der Waals surface area contributed by atoms with Gasteiger partial charge in [-0.3, -0.25) is 4.79 Å². The van der Waals surface area contributed by atoms with Crippen molar-refractivity contribution in [3.8, 4) is 5.75 Å². The average Bonchev–Trinajstić information content (AvgIpc) is 2.16. The van der Waals surface area contributed by atoms with E-state index in [-0.39, 0.29) is 5.91 Å². The average molecular weight is 238 g/mol. The first-order valence-corrected chi connectivity index (χ1v) is 5.16. The zero-order chi connectivity index (χ0) is 12.1. The molecule has 0 saturated carbocycles. The summed E-state index contributed by atoms with van der Waals surface area (Å²) in [6.07, 6.45) is 0.450. The summed E-state index contributed by atoms with van der Waals surface area (Å²) >= 11 is 4.85. The first-order chi connectivity index (χ1) is 7.52. The lowest BCUT2D eigenvalue weighted by molar-refractivity contribution is -0.114. The van der Waals surface area contributed by atoms with Gasteiger partial charge in [0.05, 0.1) is 12.1 Å². The van der Waals surface area contributed by atoms with Crippen molar-refractivity contribution in [2.24, 2.45) is 5.73 Å². The molecule has 0 radical (unpaired) electrons. The normalized spacial score (nSPS) is 9.62. The molecular weight excluding hydrogens is 224 g/mol. The lowest BCUT2D eigenvalue weighted by atomic mass is 10.1. The van der Waals surface area contributed by atoms with E-state index in [9.17, 15) is 4.79 Å². The summed E-state index contributed by atoms with van der Waals surface area (Å²) in [5.74, 6) is 0.591. The summed E-state index contributed by atoms with van der Waals surface area (Å²) < 4.78 is 5.18. The number of methoxy groups -OCH3 is 1. The molecule has 86 valence electrons. The number of amides is 1. The number of benzene rings is 1. The molecule has 0 aliphatic heterocycles. The SMILES string of the molecule is COc1ccc(NC(C)=O)cc1CC(N)=S. The molecule has 1 aromatic carbocycles. The van der Waals surface area contributed by atoms with Gasteiger partial charge >= 0.3 is 0 Å². The highest BCUT2D eigenvalue weighted by Crippen LogP contribution is 2.23. The molecule has 5 heteroatoms. The highest BCUT2D eigenvalue weighted by atomic mass is 32.1. The van der Waals surface area contributed by atoms with Crippen molar-refractivity contribution in [3.05, 3.63) is 23.8 Å². The minimum Gasteiger partial charge on any atom is -0.496 e. The van der Waals surface area contributed by atoms with Crippen LogP contribution < -0.4 is 15.8 Å². The monoisotopic (exact) mass is 238 g/mol. The lowest BCUT2D eigenvalue weighted by Crippen LogP contribution is -2.12. The van der Waals surface area contributed by atoms with Gasteiger partial charge in [-0.1, -0.05) is 12.2 Å². The number of nitrogens with two attached hydrogens (primary N) is 1. The number of hydrogen-bond donors (Lipinski definition) is 2. The Balaban J connectivity index is 3.00. The Morgan fingerprint density at radius 1 is 1.56 bits per heavy atom. The Morgan fingerprint density at radius 2 is 2.25 bits per heavy atom. The van der Waals surface area contributed by atoms with Crippen LogP contribution in [0, 0.1) is 0 Å². The number of thiocarbonyl (C=S) groups is 1. The Kier molecular flexibility index (Phi) is 4.25. The van der Waals surface area contributed by atoms with Gasteiger partial charge in [0.1, 0.15) is 5.75 Å². The molecule has 0 spiro atoms. The third-order valence-electron chi connectivity index (χ3n) is 1.97. The number of carbonyl (C=O) groups is 1. The van der Waals surface area contributed by atoms with Crippen LogP contribution in [0.5, 0.6) is 5.75 Å². The van der Waals surface area contributed by atoms with Crippen LogP contribution in [0.3, 0.4) is 0 Å². The second-order valence-electron chi connectivity index (χ2n) is 3.35. The highest BCUT2D eigenvalue weighted by Gasteiger charge is 2.06. The molecule has 4 nitrogen and oxygen atoms in total. The van der Waals surface area contributed by atoms with Crippen molar-refractivity contribution in [1.29, 1.82) is 0 Å². The van der Waals surface area contributed by atoms with Crippen LogP contribution in [-0.2, 0) is 11.2 Å². The fraction of sp³-hybridized carbons (Fsp3) is 0.273. The molecule has 0 aliphatic rings. The Labute approximate surface area is 99.8 Å². The molecule has 1 rings (SSSR count). The molecular formula is C11H14N2O2S. The van der Waals surface area contributed by atoms with Gasteiger partial charge in [-0.15, -0.1) is 0 Å². The highest BCUT2D eigenvalue weighted by molar-refractivity contribution is 7.80. The first-order valence-electron chi connectivity index (χ1n) is 4.75. The van der Waals surface area contributed by atoms with E-state index in [0.29, 0.717) is 22.8 Å². The number of ether oxygens (including phenoxy) is 1. The van der Waals surface area contributed by atoms with Gasteiger partial charge in [0.2, 0.25) is 5.91 Å². The summed E-state index contributed by atoms with van der Waals surface area (Å²) in [4.78, 5) is 11.3. The van der Waals surface area contributed by atoms with E-state index in [0.717, 1.165) is 5.56 Å². The van der Waals surface area contributed by atoms with Crippen LogP contribution in [0.1, 0.15) is 12.5 Å². The topological polar surface area (TPSA) is 64.3 Å². The van der Waals surface area contributed by atoms with E-state index in [1.54, 1.807) is 25.3 Å². The third-order valence-corrected chi connectivity index (χ3v) is 2.11. The summed E-state index contributed by atoms with van der Waals surface area (Å²) in [5.41, 5.74) is 7.06. The third kappa shape index (κ3) is 3.51. The van der Waals surface area contributed by atoms with E-state index in [2.05, 4.69) is 5.32 Å². The van der Waals surface area contributed by atoms with E-state index in [4.69, 9.17) is 22.7 Å². The molecule has 0 unspecified atom stereocenters. The van der Waals surface area contributed by atoms with E-state index in [1.807, 2.05) is 0 Å². The van der Waals surface area contributed by atoms with Crippen LogP contribution >= 0.6 is 12.2 Å². The second-order valence-corrected chi connectivity index (χ2v) is 3.88. The number of carbonyl (C=O) groups excluding carboxylic acids is 1. The maximum atomic E-state index is 10.9. The van der Waals surface area contributed by atoms with Crippen LogP contribution in [0.4, 0.5) is 5.69 Å². The molecule has 0 aromatic heterocycles. The molecule has 1 aromatic rings. The summed E-state index contributed by atoms with van der Waals surface area (Å²) in [7, 11) is 1.58. The van der Waals surface area contributed by atoms with E-state index in [1.165, 1.54) is 6.92 Å². The first kappa shape index (κ1) is 12.4. The molecule has 3 N–H and O–H groups in total.